The van der Waals surface area contributed by atoms with E-state index in [1.165, 1.54) is 19.2 Å². The highest BCUT2D eigenvalue weighted by atomic mass is 16.5. The van der Waals surface area contributed by atoms with Gasteiger partial charge in [-0.1, -0.05) is 0 Å². The van der Waals surface area contributed by atoms with Crippen LogP contribution in [0.2, 0.25) is 0 Å². The molecule has 0 aliphatic heterocycles. The summed E-state index contributed by atoms with van der Waals surface area (Å²) in [7, 11) is 2.57. The lowest BCUT2D eigenvalue weighted by Gasteiger charge is -2.24. The number of aliphatic hydroxyl groups is 1. The van der Waals surface area contributed by atoms with Crippen LogP contribution in [0.3, 0.4) is 0 Å². The molecule has 0 heterocycles. The van der Waals surface area contributed by atoms with Gasteiger partial charge in [0.15, 0.2) is 11.6 Å². The fourth-order valence-corrected chi connectivity index (χ4v) is 2.56. The molecule has 0 saturated heterocycles. The monoisotopic (exact) mass is 292 g/mol. The first kappa shape index (κ1) is 15.2. The van der Waals surface area contributed by atoms with Crippen molar-refractivity contribution >= 4 is 17.5 Å². The molecular formula is C15H16O6. The SMILES string of the molecule is COC(=O)[C@@]1(O)C(=O)CC[C@@H]1C(=O)c1ccc(OC)cc1. The van der Waals surface area contributed by atoms with E-state index < -0.39 is 29.1 Å². The minimum Gasteiger partial charge on any atom is -0.497 e. The first-order valence-corrected chi connectivity index (χ1v) is 6.47. The molecule has 0 spiro atoms. The van der Waals surface area contributed by atoms with Gasteiger partial charge in [-0.2, -0.15) is 0 Å². The smallest absolute Gasteiger partial charge is 0.346 e. The minimum atomic E-state index is -2.38. The number of methoxy groups -OCH3 is 2. The van der Waals surface area contributed by atoms with Gasteiger partial charge in [-0.25, -0.2) is 4.79 Å². The van der Waals surface area contributed by atoms with Gasteiger partial charge in [0, 0.05) is 12.0 Å². The Balaban J connectivity index is 2.32. The average molecular weight is 292 g/mol. The molecule has 2 rings (SSSR count). The lowest BCUT2D eigenvalue weighted by atomic mass is 9.84. The number of rotatable bonds is 4. The summed E-state index contributed by atoms with van der Waals surface area (Å²) in [6.07, 6.45) is 0.0907. The summed E-state index contributed by atoms with van der Waals surface area (Å²) in [6.45, 7) is 0. The van der Waals surface area contributed by atoms with Crippen molar-refractivity contribution in [3.8, 4) is 5.75 Å². The molecule has 1 aliphatic rings. The summed E-state index contributed by atoms with van der Waals surface area (Å²) in [5.74, 6) is -2.77. The largest absolute Gasteiger partial charge is 0.497 e. The third-order valence-electron chi connectivity index (χ3n) is 3.78. The van der Waals surface area contributed by atoms with E-state index in [1.54, 1.807) is 12.1 Å². The van der Waals surface area contributed by atoms with Crippen LogP contribution in [0.25, 0.3) is 0 Å². The fourth-order valence-electron chi connectivity index (χ4n) is 2.56. The zero-order valence-electron chi connectivity index (χ0n) is 11.8. The summed E-state index contributed by atoms with van der Waals surface area (Å²) < 4.78 is 9.48. The van der Waals surface area contributed by atoms with Crippen molar-refractivity contribution in [1.29, 1.82) is 0 Å². The first-order valence-electron chi connectivity index (χ1n) is 6.47. The maximum absolute atomic E-state index is 12.5. The van der Waals surface area contributed by atoms with E-state index >= 15 is 0 Å². The second kappa shape index (κ2) is 5.65. The average Bonchev–Trinajstić information content (AvgIpc) is 2.82. The Bertz CT molecular complexity index is 576. The molecule has 1 aromatic carbocycles. The lowest BCUT2D eigenvalue weighted by Crippen LogP contribution is -2.51. The number of hydrogen-bond donors (Lipinski definition) is 1. The van der Waals surface area contributed by atoms with E-state index in [0.29, 0.717) is 11.3 Å². The Morgan fingerprint density at radius 3 is 2.38 bits per heavy atom. The molecule has 21 heavy (non-hydrogen) atoms. The van der Waals surface area contributed by atoms with Crippen LogP contribution in [0.5, 0.6) is 5.75 Å². The molecule has 0 unspecified atom stereocenters. The van der Waals surface area contributed by atoms with Gasteiger partial charge in [0.2, 0.25) is 5.60 Å². The van der Waals surface area contributed by atoms with E-state index in [-0.39, 0.29) is 12.8 Å². The molecule has 2 atom stereocenters. The zero-order valence-corrected chi connectivity index (χ0v) is 11.8. The number of ether oxygens (including phenoxy) is 2. The van der Waals surface area contributed by atoms with Gasteiger partial charge >= 0.3 is 5.97 Å². The third-order valence-corrected chi connectivity index (χ3v) is 3.78. The Hall–Kier alpha value is -2.21. The summed E-state index contributed by atoms with van der Waals surface area (Å²) in [5.41, 5.74) is -2.08. The summed E-state index contributed by atoms with van der Waals surface area (Å²) in [6, 6.07) is 6.26. The molecule has 1 aliphatic carbocycles. The molecule has 1 saturated carbocycles. The van der Waals surface area contributed by atoms with Gasteiger partial charge in [-0.3, -0.25) is 9.59 Å². The van der Waals surface area contributed by atoms with E-state index in [2.05, 4.69) is 4.74 Å². The topological polar surface area (TPSA) is 89.9 Å². The lowest BCUT2D eigenvalue weighted by molar-refractivity contribution is -0.168. The predicted molar refractivity (Wildman–Crippen MR) is 72.0 cm³/mol. The number of esters is 1. The van der Waals surface area contributed by atoms with Crippen LogP contribution >= 0.6 is 0 Å². The molecule has 6 heteroatoms. The maximum Gasteiger partial charge on any atom is 0.346 e. The number of carbonyl (C=O) groups excluding carboxylic acids is 3. The van der Waals surface area contributed by atoms with Gasteiger partial charge in [0.05, 0.1) is 20.1 Å². The summed E-state index contributed by atoms with van der Waals surface area (Å²) in [5, 5.41) is 10.4. The Morgan fingerprint density at radius 2 is 1.86 bits per heavy atom. The van der Waals surface area contributed by atoms with Gasteiger partial charge in [-0.15, -0.1) is 0 Å². The number of benzene rings is 1. The van der Waals surface area contributed by atoms with E-state index in [0.717, 1.165) is 7.11 Å². The number of hydrogen-bond acceptors (Lipinski definition) is 6. The number of ketones is 2. The van der Waals surface area contributed by atoms with E-state index in [1.807, 2.05) is 0 Å². The fraction of sp³-hybridized carbons (Fsp3) is 0.400. The second-order valence-corrected chi connectivity index (χ2v) is 4.87. The quantitative estimate of drug-likeness (QED) is 0.500. The first-order chi connectivity index (χ1) is 9.94. The molecule has 6 nitrogen and oxygen atoms in total. The number of carbonyl (C=O) groups is 3. The van der Waals surface area contributed by atoms with Gasteiger partial charge in [0.1, 0.15) is 5.75 Å². The molecule has 0 bridgehead atoms. The molecule has 0 radical (unpaired) electrons. The van der Waals surface area contributed by atoms with Gasteiger partial charge in [0.25, 0.3) is 0 Å². The van der Waals surface area contributed by atoms with Crippen LogP contribution in [-0.4, -0.2) is 42.5 Å². The summed E-state index contributed by atoms with van der Waals surface area (Å²) in [4.78, 5) is 36.0. The van der Waals surface area contributed by atoms with Crippen molar-refractivity contribution in [1.82, 2.24) is 0 Å². The Morgan fingerprint density at radius 1 is 1.24 bits per heavy atom. The normalized spacial score (nSPS) is 24.7. The standard InChI is InChI=1S/C15H16O6/c1-20-10-5-3-9(4-6-10)13(17)11-7-8-12(16)15(11,19)14(18)21-2/h3-6,11,19H,7-8H2,1-2H3/t11-,15+/m1/s1. The molecular weight excluding hydrogens is 276 g/mol. The van der Waals surface area contributed by atoms with Crippen molar-refractivity contribution in [2.24, 2.45) is 5.92 Å². The van der Waals surface area contributed by atoms with Crippen LogP contribution in [0.15, 0.2) is 24.3 Å². The van der Waals surface area contributed by atoms with Crippen molar-refractivity contribution in [3.05, 3.63) is 29.8 Å². The molecule has 0 aromatic heterocycles. The van der Waals surface area contributed by atoms with Crippen molar-refractivity contribution in [2.45, 2.75) is 18.4 Å². The highest BCUT2D eigenvalue weighted by Gasteiger charge is 2.58. The zero-order chi connectivity index (χ0) is 15.6. The Labute approximate surface area is 121 Å². The molecule has 0 amide bonds. The van der Waals surface area contributed by atoms with Crippen LogP contribution in [-0.2, 0) is 14.3 Å². The van der Waals surface area contributed by atoms with Crippen molar-refractivity contribution < 1.29 is 29.0 Å². The van der Waals surface area contributed by atoms with Crippen LogP contribution in [0.4, 0.5) is 0 Å². The van der Waals surface area contributed by atoms with E-state index in [4.69, 9.17) is 4.74 Å². The molecule has 1 N–H and O–H groups in total. The molecule has 1 aromatic rings. The van der Waals surface area contributed by atoms with Crippen molar-refractivity contribution in [3.63, 3.8) is 0 Å². The predicted octanol–water partition coefficient (Wildman–Crippen LogP) is 0.761. The molecule has 1 fully saturated rings. The van der Waals surface area contributed by atoms with Gasteiger partial charge < -0.3 is 14.6 Å². The Kier molecular flexibility index (Phi) is 4.09. The summed E-state index contributed by atoms with van der Waals surface area (Å²) >= 11 is 0. The number of Topliss-reactive ketones (excluding diaryl/α,β-unsaturated/α-hetero) is 2. The van der Waals surface area contributed by atoms with Crippen LogP contribution in [0, 0.1) is 5.92 Å². The highest BCUT2D eigenvalue weighted by molar-refractivity contribution is 6.15. The minimum absolute atomic E-state index is 0.0296. The highest BCUT2D eigenvalue weighted by Crippen LogP contribution is 2.36. The van der Waals surface area contributed by atoms with E-state index in [9.17, 15) is 19.5 Å². The third kappa shape index (κ3) is 2.42. The van der Waals surface area contributed by atoms with Gasteiger partial charge in [-0.05, 0) is 30.7 Å². The molecule has 112 valence electrons. The second-order valence-electron chi connectivity index (χ2n) is 4.87. The maximum atomic E-state index is 12.5. The van der Waals surface area contributed by atoms with Crippen LogP contribution < -0.4 is 4.74 Å². The van der Waals surface area contributed by atoms with Crippen LogP contribution in [0.1, 0.15) is 23.2 Å². The van der Waals surface area contributed by atoms with Crippen molar-refractivity contribution in [2.75, 3.05) is 14.2 Å².